The third kappa shape index (κ3) is 2.95. The van der Waals surface area contributed by atoms with Crippen LogP contribution < -0.4 is 5.32 Å². The van der Waals surface area contributed by atoms with Crippen molar-refractivity contribution in [2.45, 2.75) is 32.6 Å². The molecule has 1 aliphatic rings. The molecule has 100 valence electrons. The van der Waals surface area contributed by atoms with Crippen LogP contribution in [0.15, 0.2) is 24.3 Å². The van der Waals surface area contributed by atoms with Gasteiger partial charge in [0.15, 0.2) is 5.82 Å². The zero-order valence-corrected chi connectivity index (χ0v) is 11.3. The number of aromatic amines is 1. The smallest absolute Gasteiger partial charge is 0.181 e. The number of aryl methyl sites for hydroxylation is 1. The van der Waals surface area contributed by atoms with Gasteiger partial charge in [-0.1, -0.05) is 25.0 Å². The molecule has 1 saturated carbocycles. The molecule has 0 bridgehead atoms. The van der Waals surface area contributed by atoms with Gasteiger partial charge in [-0.3, -0.25) is 5.10 Å². The largest absolute Gasteiger partial charge is 0.385 e. The van der Waals surface area contributed by atoms with E-state index in [1.54, 1.807) is 0 Å². The molecular formula is C15H20N4. The van der Waals surface area contributed by atoms with Crippen LogP contribution in [0.4, 0.5) is 5.69 Å². The lowest BCUT2D eigenvalue weighted by atomic mass is 10.1. The predicted octanol–water partition coefficient (Wildman–Crippen LogP) is 3.38. The van der Waals surface area contributed by atoms with Crippen molar-refractivity contribution in [1.29, 1.82) is 0 Å². The Morgan fingerprint density at radius 2 is 2.16 bits per heavy atom. The van der Waals surface area contributed by atoms with Crippen molar-refractivity contribution in [3.8, 4) is 11.4 Å². The van der Waals surface area contributed by atoms with Gasteiger partial charge >= 0.3 is 0 Å². The van der Waals surface area contributed by atoms with E-state index in [0.29, 0.717) is 0 Å². The second-order valence-corrected chi connectivity index (χ2v) is 5.36. The van der Waals surface area contributed by atoms with Crippen LogP contribution in [0.2, 0.25) is 0 Å². The summed E-state index contributed by atoms with van der Waals surface area (Å²) in [5.41, 5.74) is 2.22. The quantitative estimate of drug-likeness (QED) is 0.881. The Labute approximate surface area is 113 Å². The number of hydrogen-bond donors (Lipinski definition) is 2. The van der Waals surface area contributed by atoms with E-state index in [4.69, 9.17) is 0 Å². The molecular weight excluding hydrogens is 236 g/mol. The molecule has 2 N–H and O–H groups in total. The summed E-state index contributed by atoms with van der Waals surface area (Å²) in [6, 6.07) is 8.33. The minimum Gasteiger partial charge on any atom is -0.385 e. The predicted molar refractivity (Wildman–Crippen MR) is 77.0 cm³/mol. The Morgan fingerprint density at radius 3 is 2.89 bits per heavy atom. The van der Waals surface area contributed by atoms with Crippen LogP contribution >= 0.6 is 0 Å². The Bertz CT molecular complexity index is 541. The first-order chi connectivity index (χ1) is 9.31. The molecule has 1 aromatic carbocycles. The number of rotatable bonds is 4. The van der Waals surface area contributed by atoms with Gasteiger partial charge in [0.2, 0.25) is 0 Å². The van der Waals surface area contributed by atoms with Gasteiger partial charge in [-0.15, -0.1) is 0 Å². The molecule has 1 aliphatic carbocycles. The molecule has 1 heterocycles. The molecule has 0 saturated heterocycles. The summed E-state index contributed by atoms with van der Waals surface area (Å²) < 4.78 is 0. The number of H-pyrrole nitrogens is 1. The first-order valence-electron chi connectivity index (χ1n) is 7.04. The molecule has 0 unspecified atom stereocenters. The van der Waals surface area contributed by atoms with Crippen molar-refractivity contribution < 1.29 is 0 Å². The number of aromatic nitrogens is 3. The van der Waals surface area contributed by atoms with Crippen LogP contribution in [0.3, 0.4) is 0 Å². The molecule has 4 heteroatoms. The molecule has 0 spiro atoms. The van der Waals surface area contributed by atoms with Crippen molar-refractivity contribution in [2.75, 3.05) is 11.9 Å². The fourth-order valence-electron chi connectivity index (χ4n) is 2.72. The highest BCUT2D eigenvalue weighted by atomic mass is 15.2. The minimum atomic E-state index is 0.766. The number of hydrogen-bond acceptors (Lipinski definition) is 3. The fourth-order valence-corrected chi connectivity index (χ4v) is 2.72. The van der Waals surface area contributed by atoms with Crippen molar-refractivity contribution in [3.63, 3.8) is 0 Å². The molecule has 1 fully saturated rings. The molecule has 0 atom stereocenters. The molecule has 0 radical (unpaired) electrons. The first-order valence-corrected chi connectivity index (χ1v) is 7.04. The Balaban J connectivity index is 1.69. The molecule has 0 aliphatic heterocycles. The molecule has 3 rings (SSSR count). The van der Waals surface area contributed by atoms with E-state index in [1.807, 2.05) is 13.0 Å². The van der Waals surface area contributed by atoms with Crippen LogP contribution in [0, 0.1) is 12.8 Å². The molecule has 1 aromatic heterocycles. The van der Waals surface area contributed by atoms with Crippen molar-refractivity contribution in [2.24, 2.45) is 5.92 Å². The summed E-state index contributed by atoms with van der Waals surface area (Å²) in [6.07, 6.45) is 5.52. The number of nitrogens with zero attached hydrogens (tertiary/aromatic N) is 2. The maximum absolute atomic E-state index is 4.37. The van der Waals surface area contributed by atoms with E-state index in [2.05, 4.69) is 38.7 Å². The van der Waals surface area contributed by atoms with Crippen LogP contribution in [0.5, 0.6) is 0 Å². The Kier molecular flexibility index (Phi) is 3.49. The van der Waals surface area contributed by atoms with Gasteiger partial charge < -0.3 is 5.32 Å². The average molecular weight is 256 g/mol. The normalized spacial score (nSPS) is 15.8. The van der Waals surface area contributed by atoms with Crippen LogP contribution in [0.1, 0.15) is 31.5 Å². The zero-order valence-electron chi connectivity index (χ0n) is 11.3. The highest BCUT2D eigenvalue weighted by Crippen LogP contribution is 2.25. The van der Waals surface area contributed by atoms with Crippen molar-refractivity contribution in [3.05, 3.63) is 30.1 Å². The lowest BCUT2D eigenvalue weighted by molar-refractivity contribution is 0.580. The van der Waals surface area contributed by atoms with E-state index >= 15 is 0 Å². The lowest BCUT2D eigenvalue weighted by Gasteiger charge is -2.12. The van der Waals surface area contributed by atoms with E-state index in [0.717, 1.165) is 35.4 Å². The summed E-state index contributed by atoms with van der Waals surface area (Å²) in [5.74, 6) is 2.45. The SMILES string of the molecule is Cc1nc(-c2cccc(NCC3CCCC3)c2)n[nH]1. The summed E-state index contributed by atoms with van der Waals surface area (Å²) >= 11 is 0. The van der Waals surface area contributed by atoms with E-state index < -0.39 is 0 Å². The summed E-state index contributed by atoms with van der Waals surface area (Å²) in [6.45, 7) is 3.00. The fraction of sp³-hybridized carbons (Fsp3) is 0.467. The molecule has 4 nitrogen and oxygen atoms in total. The van der Waals surface area contributed by atoms with E-state index in [9.17, 15) is 0 Å². The topological polar surface area (TPSA) is 53.6 Å². The summed E-state index contributed by atoms with van der Waals surface area (Å²) in [4.78, 5) is 4.37. The van der Waals surface area contributed by atoms with Gasteiger partial charge in [0.1, 0.15) is 5.82 Å². The minimum absolute atomic E-state index is 0.766. The first kappa shape index (κ1) is 12.2. The van der Waals surface area contributed by atoms with Gasteiger partial charge in [-0.05, 0) is 37.8 Å². The highest BCUT2D eigenvalue weighted by Gasteiger charge is 2.14. The second-order valence-electron chi connectivity index (χ2n) is 5.36. The second kappa shape index (κ2) is 5.43. The van der Waals surface area contributed by atoms with Crippen molar-refractivity contribution in [1.82, 2.24) is 15.2 Å². The molecule has 0 amide bonds. The van der Waals surface area contributed by atoms with Crippen LogP contribution in [0.25, 0.3) is 11.4 Å². The Hall–Kier alpha value is -1.84. The lowest BCUT2D eigenvalue weighted by Crippen LogP contribution is -2.10. The number of nitrogens with one attached hydrogen (secondary N) is 2. The van der Waals surface area contributed by atoms with E-state index in [1.165, 1.54) is 25.7 Å². The monoisotopic (exact) mass is 256 g/mol. The average Bonchev–Trinajstić information content (AvgIpc) is 3.08. The van der Waals surface area contributed by atoms with Crippen molar-refractivity contribution >= 4 is 5.69 Å². The standard InChI is InChI=1S/C15H20N4/c1-11-17-15(19-18-11)13-7-4-8-14(9-13)16-10-12-5-2-3-6-12/h4,7-9,12,16H,2-3,5-6,10H2,1H3,(H,17,18,19). The maximum atomic E-state index is 4.37. The van der Waals surface area contributed by atoms with Crippen LogP contribution in [-0.2, 0) is 0 Å². The van der Waals surface area contributed by atoms with Gasteiger partial charge in [0, 0.05) is 17.8 Å². The highest BCUT2D eigenvalue weighted by molar-refractivity contribution is 5.62. The Morgan fingerprint density at radius 1 is 1.32 bits per heavy atom. The maximum Gasteiger partial charge on any atom is 0.181 e. The summed E-state index contributed by atoms with van der Waals surface area (Å²) in [7, 11) is 0. The van der Waals surface area contributed by atoms with Gasteiger partial charge in [0.25, 0.3) is 0 Å². The number of anilines is 1. The van der Waals surface area contributed by atoms with Gasteiger partial charge in [0.05, 0.1) is 0 Å². The van der Waals surface area contributed by atoms with Gasteiger partial charge in [-0.25, -0.2) is 4.98 Å². The zero-order chi connectivity index (χ0) is 13.1. The molecule has 19 heavy (non-hydrogen) atoms. The van der Waals surface area contributed by atoms with Gasteiger partial charge in [-0.2, -0.15) is 5.10 Å². The third-order valence-corrected chi connectivity index (χ3v) is 3.79. The third-order valence-electron chi connectivity index (χ3n) is 3.79. The number of benzene rings is 1. The van der Waals surface area contributed by atoms with E-state index in [-0.39, 0.29) is 0 Å². The molecule has 2 aromatic rings. The van der Waals surface area contributed by atoms with Crippen LogP contribution in [-0.4, -0.2) is 21.7 Å². The summed E-state index contributed by atoms with van der Waals surface area (Å²) in [5, 5.41) is 10.6.